The van der Waals surface area contributed by atoms with Gasteiger partial charge in [-0.15, -0.1) is 0 Å². The molecule has 1 heterocycles. The van der Waals surface area contributed by atoms with Crippen LogP contribution in [0, 0.1) is 0 Å². The summed E-state index contributed by atoms with van der Waals surface area (Å²) in [5.74, 6) is -0.181. The number of carbonyl (C=O) groups is 1. The summed E-state index contributed by atoms with van der Waals surface area (Å²) in [5, 5.41) is -0.186. The molecule has 0 aliphatic carbocycles. The fourth-order valence-corrected chi connectivity index (χ4v) is 4.65. The molecule has 114 valence electrons. The maximum Gasteiger partial charge on any atom is 0.246 e. The Morgan fingerprint density at radius 3 is 2.71 bits per heavy atom. The molecule has 21 heavy (non-hydrogen) atoms. The monoisotopic (exact) mass is 327 g/mol. The third-order valence-electron chi connectivity index (χ3n) is 3.61. The highest BCUT2D eigenvalue weighted by molar-refractivity contribution is 7.91. The Morgan fingerprint density at radius 2 is 2.05 bits per heavy atom. The summed E-state index contributed by atoms with van der Waals surface area (Å²) >= 11 is 6.13. The van der Waals surface area contributed by atoms with Gasteiger partial charge in [0.1, 0.15) is 0 Å². The first-order chi connectivity index (χ1) is 9.95. The third-order valence-corrected chi connectivity index (χ3v) is 6.07. The SMILES string of the molecule is C/C=C/C(=O)N1CCC(c2ccccc2Cl)S(=O)(=O)CC1. The maximum absolute atomic E-state index is 12.5. The Bertz CT molecular complexity index is 655. The van der Waals surface area contributed by atoms with Crippen LogP contribution in [-0.2, 0) is 14.6 Å². The molecule has 0 saturated carbocycles. The smallest absolute Gasteiger partial charge is 0.246 e. The van der Waals surface area contributed by atoms with Gasteiger partial charge in [0.2, 0.25) is 5.91 Å². The zero-order chi connectivity index (χ0) is 15.5. The molecule has 1 aliphatic rings. The van der Waals surface area contributed by atoms with E-state index >= 15 is 0 Å². The van der Waals surface area contributed by atoms with Gasteiger partial charge in [-0.05, 0) is 31.1 Å². The van der Waals surface area contributed by atoms with Gasteiger partial charge in [0.05, 0.1) is 11.0 Å². The number of allylic oxidation sites excluding steroid dienone is 1. The van der Waals surface area contributed by atoms with Gasteiger partial charge in [-0.3, -0.25) is 4.79 Å². The molecule has 0 bridgehead atoms. The Balaban J connectivity index is 2.28. The van der Waals surface area contributed by atoms with Crippen molar-refractivity contribution in [3.63, 3.8) is 0 Å². The molecule has 1 aromatic carbocycles. The molecule has 0 aromatic heterocycles. The summed E-state index contributed by atoms with van der Waals surface area (Å²) in [7, 11) is -3.32. The van der Waals surface area contributed by atoms with Crippen LogP contribution in [0.2, 0.25) is 5.02 Å². The normalized spacial score (nSPS) is 22.2. The van der Waals surface area contributed by atoms with Crippen LogP contribution in [-0.4, -0.2) is 38.1 Å². The van der Waals surface area contributed by atoms with Crippen LogP contribution in [0.4, 0.5) is 0 Å². The van der Waals surface area contributed by atoms with Gasteiger partial charge in [0, 0.05) is 18.1 Å². The second-order valence-corrected chi connectivity index (χ2v) is 7.70. The first kappa shape index (κ1) is 16.0. The highest BCUT2D eigenvalue weighted by atomic mass is 35.5. The van der Waals surface area contributed by atoms with Crippen LogP contribution in [0.15, 0.2) is 36.4 Å². The van der Waals surface area contributed by atoms with Gasteiger partial charge in [-0.25, -0.2) is 8.42 Å². The van der Waals surface area contributed by atoms with Crippen LogP contribution >= 0.6 is 11.6 Å². The van der Waals surface area contributed by atoms with Crippen molar-refractivity contribution in [1.82, 2.24) is 4.90 Å². The lowest BCUT2D eigenvalue weighted by molar-refractivity contribution is -0.125. The lowest BCUT2D eigenvalue weighted by atomic mass is 10.1. The molecule has 1 saturated heterocycles. The zero-order valence-electron chi connectivity index (χ0n) is 11.8. The van der Waals surface area contributed by atoms with Crippen molar-refractivity contribution in [2.45, 2.75) is 18.6 Å². The van der Waals surface area contributed by atoms with Crippen molar-refractivity contribution in [2.24, 2.45) is 0 Å². The fourth-order valence-electron chi connectivity index (χ4n) is 2.50. The van der Waals surface area contributed by atoms with E-state index in [1.165, 1.54) is 6.08 Å². The molecular weight excluding hydrogens is 310 g/mol. The van der Waals surface area contributed by atoms with Crippen molar-refractivity contribution in [1.29, 1.82) is 0 Å². The second kappa shape index (κ2) is 6.62. The third kappa shape index (κ3) is 3.66. The summed E-state index contributed by atoms with van der Waals surface area (Å²) in [6, 6.07) is 7.00. The van der Waals surface area contributed by atoms with Gasteiger partial charge in [-0.2, -0.15) is 0 Å². The first-order valence-corrected chi connectivity index (χ1v) is 8.92. The number of amides is 1. The lowest BCUT2D eigenvalue weighted by Crippen LogP contribution is -2.32. The standard InChI is InChI=1S/C15H18ClNO3S/c1-2-5-15(18)17-9-8-14(21(19,20)11-10-17)12-6-3-4-7-13(12)16/h2-7,14H,8-11H2,1H3/b5-2+. The summed E-state index contributed by atoms with van der Waals surface area (Å²) in [6.07, 6.45) is 3.49. The molecule has 1 amide bonds. The molecule has 6 heteroatoms. The predicted octanol–water partition coefficient (Wildman–Crippen LogP) is 2.60. The number of sulfone groups is 1. The molecule has 0 spiro atoms. The van der Waals surface area contributed by atoms with Crippen LogP contribution in [0.25, 0.3) is 0 Å². The van der Waals surface area contributed by atoms with Crippen LogP contribution < -0.4 is 0 Å². The van der Waals surface area contributed by atoms with E-state index < -0.39 is 15.1 Å². The average molecular weight is 328 g/mol. The van der Waals surface area contributed by atoms with Crippen molar-refractivity contribution in [3.05, 3.63) is 47.0 Å². The van der Waals surface area contributed by atoms with E-state index in [-0.39, 0.29) is 18.2 Å². The number of rotatable bonds is 2. The van der Waals surface area contributed by atoms with Crippen molar-refractivity contribution >= 4 is 27.3 Å². The first-order valence-electron chi connectivity index (χ1n) is 6.83. The molecule has 0 N–H and O–H groups in total. The lowest BCUT2D eigenvalue weighted by Gasteiger charge is -2.18. The van der Waals surface area contributed by atoms with E-state index in [4.69, 9.17) is 11.6 Å². The number of benzene rings is 1. The number of halogens is 1. The van der Waals surface area contributed by atoms with Gasteiger partial charge in [0.15, 0.2) is 9.84 Å². The van der Waals surface area contributed by atoms with E-state index in [9.17, 15) is 13.2 Å². The molecular formula is C15H18ClNO3S. The predicted molar refractivity (Wildman–Crippen MR) is 84.0 cm³/mol. The summed E-state index contributed by atoms with van der Waals surface area (Å²) < 4.78 is 24.9. The van der Waals surface area contributed by atoms with Crippen molar-refractivity contribution < 1.29 is 13.2 Å². The molecule has 1 aliphatic heterocycles. The van der Waals surface area contributed by atoms with E-state index in [2.05, 4.69) is 0 Å². The van der Waals surface area contributed by atoms with Gasteiger partial charge >= 0.3 is 0 Å². The number of hydrogen-bond donors (Lipinski definition) is 0. The largest absolute Gasteiger partial charge is 0.338 e. The minimum atomic E-state index is -3.32. The molecule has 2 rings (SSSR count). The molecule has 0 radical (unpaired) electrons. The van der Waals surface area contributed by atoms with Gasteiger partial charge in [0.25, 0.3) is 0 Å². The Morgan fingerprint density at radius 1 is 1.33 bits per heavy atom. The molecule has 1 unspecified atom stereocenters. The quantitative estimate of drug-likeness (QED) is 0.785. The minimum absolute atomic E-state index is 0.0355. The van der Waals surface area contributed by atoms with Gasteiger partial charge in [-0.1, -0.05) is 35.9 Å². The van der Waals surface area contributed by atoms with Crippen LogP contribution in [0.5, 0.6) is 0 Å². The topological polar surface area (TPSA) is 54.5 Å². The summed E-state index contributed by atoms with van der Waals surface area (Å²) in [6.45, 7) is 2.41. The van der Waals surface area contributed by atoms with E-state index in [1.54, 1.807) is 42.2 Å². The van der Waals surface area contributed by atoms with E-state index in [0.29, 0.717) is 23.6 Å². The molecule has 1 atom stereocenters. The number of nitrogens with zero attached hydrogens (tertiary/aromatic N) is 1. The Labute approximate surface area is 130 Å². The second-order valence-electron chi connectivity index (χ2n) is 4.99. The molecule has 1 aromatic rings. The number of hydrogen-bond acceptors (Lipinski definition) is 3. The summed E-state index contributed by atoms with van der Waals surface area (Å²) in [4.78, 5) is 13.5. The highest BCUT2D eigenvalue weighted by Gasteiger charge is 2.33. The Hall–Kier alpha value is -1.33. The van der Waals surface area contributed by atoms with Crippen molar-refractivity contribution in [3.8, 4) is 0 Å². The van der Waals surface area contributed by atoms with Crippen molar-refractivity contribution in [2.75, 3.05) is 18.8 Å². The maximum atomic E-state index is 12.5. The minimum Gasteiger partial charge on any atom is -0.338 e. The summed E-state index contributed by atoms with van der Waals surface area (Å²) in [5.41, 5.74) is 0.625. The van der Waals surface area contributed by atoms with Crippen LogP contribution in [0.3, 0.4) is 0 Å². The Kier molecular flexibility index (Phi) is 5.06. The molecule has 4 nitrogen and oxygen atoms in total. The van der Waals surface area contributed by atoms with Crippen LogP contribution in [0.1, 0.15) is 24.2 Å². The average Bonchev–Trinajstić information content (AvgIpc) is 2.58. The van der Waals surface area contributed by atoms with E-state index in [1.807, 2.05) is 0 Å². The van der Waals surface area contributed by atoms with Gasteiger partial charge < -0.3 is 4.90 Å². The van der Waals surface area contributed by atoms with E-state index in [0.717, 1.165) is 0 Å². The zero-order valence-corrected chi connectivity index (χ0v) is 13.4. The highest BCUT2D eigenvalue weighted by Crippen LogP contribution is 2.33. The fraction of sp³-hybridized carbons (Fsp3) is 0.400. The molecule has 1 fully saturated rings. The number of carbonyl (C=O) groups excluding carboxylic acids is 1.